The van der Waals surface area contributed by atoms with E-state index in [-0.39, 0.29) is 5.92 Å². The fourth-order valence-electron chi connectivity index (χ4n) is 1.70. The molecule has 1 aliphatic rings. The molecule has 1 unspecified atom stereocenters. The summed E-state index contributed by atoms with van der Waals surface area (Å²) in [6.45, 7) is 4.03. The van der Waals surface area contributed by atoms with Crippen molar-refractivity contribution in [2.75, 3.05) is 0 Å². The Kier molecular flexibility index (Phi) is 2.30. The minimum Gasteiger partial charge on any atom is -0.385 e. The first kappa shape index (κ1) is 9.89. The second kappa shape index (κ2) is 3.49. The standard InChI is InChI=1S/C10H15N5/c1-6-4-9(12-13-10(6)11)8-5-15(3)14-7(8)2/h5-6H,4H2,1-3H3,(H2,11,13). The molecule has 0 saturated carbocycles. The zero-order valence-electron chi connectivity index (χ0n) is 9.23. The van der Waals surface area contributed by atoms with Crippen LogP contribution in [0.3, 0.4) is 0 Å². The number of rotatable bonds is 1. The Bertz CT molecular complexity index is 441. The maximum Gasteiger partial charge on any atom is 0.125 e. The first-order valence-electron chi connectivity index (χ1n) is 4.98. The lowest BCUT2D eigenvalue weighted by Crippen LogP contribution is -2.26. The van der Waals surface area contributed by atoms with Gasteiger partial charge in [0, 0.05) is 31.1 Å². The molecule has 1 aliphatic heterocycles. The molecule has 15 heavy (non-hydrogen) atoms. The van der Waals surface area contributed by atoms with Crippen LogP contribution in [0.4, 0.5) is 0 Å². The number of hydrogen-bond acceptors (Lipinski definition) is 4. The quantitative estimate of drug-likeness (QED) is 0.737. The highest BCUT2D eigenvalue weighted by molar-refractivity contribution is 6.05. The molecule has 5 nitrogen and oxygen atoms in total. The molecule has 0 aliphatic carbocycles. The molecule has 2 heterocycles. The van der Waals surface area contributed by atoms with Crippen LogP contribution in [0, 0.1) is 12.8 Å². The van der Waals surface area contributed by atoms with Gasteiger partial charge in [0.05, 0.1) is 11.4 Å². The van der Waals surface area contributed by atoms with Crippen LogP contribution >= 0.6 is 0 Å². The van der Waals surface area contributed by atoms with Crippen molar-refractivity contribution in [3.8, 4) is 0 Å². The average molecular weight is 205 g/mol. The van der Waals surface area contributed by atoms with E-state index >= 15 is 0 Å². The van der Waals surface area contributed by atoms with Crippen LogP contribution in [-0.4, -0.2) is 21.3 Å². The second-order valence-electron chi connectivity index (χ2n) is 3.98. The van der Waals surface area contributed by atoms with Crippen molar-refractivity contribution < 1.29 is 0 Å². The Morgan fingerprint density at radius 2 is 2.20 bits per heavy atom. The van der Waals surface area contributed by atoms with E-state index in [1.807, 2.05) is 20.2 Å². The molecule has 0 fully saturated rings. The lowest BCUT2D eigenvalue weighted by atomic mass is 9.98. The third kappa shape index (κ3) is 1.77. The molecule has 5 heteroatoms. The Morgan fingerprint density at radius 1 is 1.47 bits per heavy atom. The van der Waals surface area contributed by atoms with E-state index in [2.05, 4.69) is 22.2 Å². The zero-order valence-corrected chi connectivity index (χ0v) is 9.23. The number of nitrogens with zero attached hydrogens (tertiary/aromatic N) is 4. The number of nitrogens with two attached hydrogens (primary N) is 1. The Hall–Kier alpha value is -1.65. The third-order valence-electron chi connectivity index (χ3n) is 2.61. The first-order chi connectivity index (χ1) is 7.08. The zero-order chi connectivity index (χ0) is 11.0. The normalized spacial score (nSPS) is 21.1. The van der Waals surface area contributed by atoms with Gasteiger partial charge in [0.1, 0.15) is 5.84 Å². The van der Waals surface area contributed by atoms with Crippen molar-refractivity contribution >= 4 is 11.5 Å². The maximum absolute atomic E-state index is 5.68. The highest BCUT2D eigenvalue weighted by atomic mass is 15.3. The van der Waals surface area contributed by atoms with Gasteiger partial charge in [-0.15, -0.1) is 5.10 Å². The minimum atomic E-state index is 0.261. The van der Waals surface area contributed by atoms with Gasteiger partial charge in [-0.3, -0.25) is 4.68 Å². The molecule has 0 aromatic carbocycles. The van der Waals surface area contributed by atoms with E-state index in [1.54, 1.807) is 4.68 Å². The van der Waals surface area contributed by atoms with Gasteiger partial charge in [-0.25, -0.2) is 0 Å². The lowest BCUT2D eigenvalue weighted by molar-refractivity contribution is 0.756. The van der Waals surface area contributed by atoms with Crippen molar-refractivity contribution in [1.29, 1.82) is 0 Å². The Balaban J connectivity index is 2.37. The summed E-state index contributed by atoms with van der Waals surface area (Å²) in [5.41, 5.74) is 8.71. The lowest BCUT2D eigenvalue weighted by Gasteiger charge is -2.15. The van der Waals surface area contributed by atoms with Gasteiger partial charge in [0.25, 0.3) is 0 Å². The average Bonchev–Trinajstić information content (AvgIpc) is 2.50. The van der Waals surface area contributed by atoms with Crippen LogP contribution in [0.2, 0.25) is 0 Å². The van der Waals surface area contributed by atoms with E-state index in [4.69, 9.17) is 5.73 Å². The van der Waals surface area contributed by atoms with Crippen molar-refractivity contribution in [2.24, 2.45) is 28.9 Å². The molecule has 0 radical (unpaired) electrons. The number of amidine groups is 1. The van der Waals surface area contributed by atoms with Crippen molar-refractivity contribution in [1.82, 2.24) is 9.78 Å². The monoisotopic (exact) mass is 205 g/mol. The fourth-order valence-corrected chi connectivity index (χ4v) is 1.70. The molecule has 2 rings (SSSR count). The summed E-state index contributed by atoms with van der Waals surface area (Å²) in [4.78, 5) is 0. The molecular formula is C10H15N5. The van der Waals surface area contributed by atoms with Gasteiger partial charge in [-0.05, 0) is 6.92 Å². The predicted octanol–water partition coefficient (Wildman–Crippen LogP) is 0.830. The van der Waals surface area contributed by atoms with Crippen molar-refractivity contribution in [3.63, 3.8) is 0 Å². The van der Waals surface area contributed by atoms with Gasteiger partial charge < -0.3 is 5.73 Å². The van der Waals surface area contributed by atoms with Crippen molar-refractivity contribution in [3.05, 3.63) is 17.5 Å². The first-order valence-corrected chi connectivity index (χ1v) is 4.98. The highest BCUT2D eigenvalue weighted by Gasteiger charge is 2.19. The maximum atomic E-state index is 5.68. The topological polar surface area (TPSA) is 68.6 Å². The summed E-state index contributed by atoms with van der Waals surface area (Å²) in [5, 5.41) is 12.4. The molecule has 80 valence electrons. The van der Waals surface area contributed by atoms with Crippen LogP contribution in [0.5, 0.6) is 0 Å². The summed E-state index contributed by atoms with van der Waals surface area (Å²) < 4.78 is 1.79. The molecule has 0 spiro atoms. The van der Waals surface area contributed by atoms with Crippen LogP contribution in [0.1, 0.15) is 24.6 Å². The highest BCUT2D eigenvalue weighted by Crippen LogP contribution is 2.17. The molecular weight excluding hydrogens is 190 g/mol. The molecule has 1 aromatic heterocycles. The number of hydrogen-bond donors (Lipinski definition) is 1. The van der Waals surface area contributed by atoms with E-state index in [0.29, 0.717) is 5.84 Å². The van der Waals surface area contributed by atoms with Gasteiger partial charge in [-0.2, -0.15) is 10.2 Å². The summed E-state index contributed by atoms with van der Waals surface area (Å²) in [6, 6.07) is 0. The minimum absolute atomic E-state index is 0.261. The fraction of sp³-hybridized carbons (Fsp3) is 0.500. The summed E-state index contributed by atoms with van der Waals surface area (Å²) in [5.74, 6) is 0.873. The van der Waals surface area contributed by atoms with Crippen LogP contribution < -0.4 is 5.73 Å². The van der Waals surface area contributed by atoms with E-state index in [1.165, 1.54) is 0 Å². The molecule has 0 amide bonds. The second-order valence-corrected chi connectivity index (χ2v) is 3.98. The third-order valence-corrected chi connectivity index (χ3v) is 2.61. The molecule has 1 aromatic rings. The van der Waals surface area contributed by atoms with Gasteiger partial charge >= 0.3 is 0 Å². The SMILES string of the molecule is Cc1nn(C)cc1C1=NN=C(N)C(C)C1. The van der Waals surface area contributed by atoms with Gasteiger partial charge in [0.2, 0.25) is 0 Å². The molecule has 0 bridgehead atoms. The van der Waals surface area contributed by atoms with Crippen LogP contribution in [-0.2, 0) is 7.05 Å². The van der Waals surface area contributed by atoms with Crippen LogP contribution in [0.15, 0.2) is 16.4 Å². The van der Waals surface area contributed by atoms with Gasteiger partial charge in [-0.1, -0.05) is 6.92 Å². The summed E-state index contributed by atoms with van der Waals surface area (Å²) in [7, 11) is 1.90. The predicted molar refractivity (Wildman–Crippen MR) is 59.9 cm³/mol. The molecule has 0 saturated heterocycles. The Morgan fingerprint density at radius 3 is 2.73 bits per heavy atom. The summed E-state index contributed by atoms with van der Waals surface area (Å²) >= 11 is 0. The molecule has 2 N–H and O–H groups in total. The smallest absolute Gasteiger partial charge is 0.125 e. The van der Waals surface area contributed by atoms with E-state index < -0.39 is 0 Å². The summed E-state index contributed by atoms with van der Waals surface area (Å²) in [6.07, 6.45) is 2.81. The molecule has 1 atom stereocenters. The Labute approximate surface area is 88.7 Å². The van der Waals surface area contributed by atoms with E-state index in [9.17, 15) is 0 Å². The van der Waals surface area contributed by atoms with Crippen molar-refractivity contribution in [2.45, 2.75) is 20.3 Å². The van der Waals surface area contributed by atoms with Crippen LogP contribution in [0.25, 0.3) is 0 Å². The largest absolute Gasteiger partial charge is 0.385 e. The number of aromatic nitrogens is 2. The van der Waals surface area contributed by atoms with E-state index in [0.717, 1.165) is 23.4 Å². The van der Waals surface area contributed by atoms with Gasteiger partial charge in [0.15, 0.2) is 0 Å². The number of aryl methyl sites for hydroxylation is 2.